The molecule has 3 heterocycles. The third-order valence-corrected chi connectivity index (χ3v) is 3.47. The Hall–Kier alpha value is -1.27. The number of hydrogen-bond acceptors (Lipinski definition) is 6. The molecule has 0 radical (unpaired) electrons. The lowest BCUT2D eigenvalue weighted by atomic mass is 10.1. The molecule has 1 saturated heterocycles. The van der Waals surface area contributed by atoms with Crippen LogP contribution in [0.2, 0.25) is 0 Å². The van der Waals surface area contributed by atoms with Crippen molar-refractivity contribution in [2.45, 2.75) is 18.1 Å². The Morgan fingerprint density at radius 1 is 1.44 bits per heavy atom. The number of rotatable bonds is 4. The van der Waals surface area contributed by atoms with Gasteiger partial charge in [0.2, 0.25) is 0 Å². The standard InChI is InChI=1S/C12H14N2O3S/c1-18-7-9-2-3-10(16-9)12-13-11(14-17-12)8-4-5-15-6-8/h2-3,8H,4-7H2,1H3/t8-/m0/s1. The average molecular weight is 266 g/mol. The maximum Gasteiger partial charge on any atom is 0.293 e. The molecule has 6 heteroatoms. The summed E-state index contributed by atoms with van der Waals surface area (Å²) in [6.45, 7) is 1.45. The van der Waals surface area contributed by atoms with Gasteiger partial charge in [-0.15, -0.1) is 0 Å². The van der Waals surface area contributed by atoms with E-state index in [4.69, 9.17) is 13.7 Å². The summed E-state index contributed by atoms with van der Waals surface area (Å²) >= 11 is 1.71. The molecule has 1 atom stereocenters. The van der Waals surface area contributed by atoms with Crippen LogP contribution >= 0.6 is 11.8 Å². The minimum atomic E-state index is 0.253. The van der Waals surface area contributed by atoms with E-state index in [1.165, 1.54) is 0 Å². The van der Waals surface area contributed by atoms with Crippen molar-refractivity contribution in [3.63, 3.8) is 0 Å². The van der Waals surface area contributed by atoms with E-state index in [-0.39, 0.29) is 5.92 Å². The molecular formula is C12H14N2O3S. The summed E-state index contributed by atoms with van der Waals surface area (Å²) in [5.74, 6) is 3.81. The van der Waals surface area contributed by atoms with Crippen LogP contribution in [0.15, 0.2) is 21.1 Å². The maximum absolute atomic E-state index is 5.64. The number of aromatic nitrogens is 2. The summed E-state index contributed by atoms with van der Waals surface area (Å²) in [5, 5.41) is 4.00. The number of furan rings is 1. The molecule has 0 spiro atoms. The van der Waals surface area contributed by atoms with Crippen molar-refractivity contribution in [1.82, 2.24) is 10.1 Å². The molecule has 1 fully saturated rings. The zero-order valence-electron chi connectivity index (χ0n) is 10.1. The minimum absolute atomic E-state index is 0.253. The molecule has 96 valence electrons. The van der Waals surface area contributed by atoms with Crippen LogP contribution in [0.4, 0.5) is 0 Å². The molecule has 5 nitrogen and oxygen atoms in total. The second-order valence-electron chi connectivity index (χ2n) is 4.22. The van der Waals surface area contributed by atoms with Crippen molar-refractivity contribution in [3.05, 3.63) is 23.7 Å². The number of ether oxygens (including phenoxy) is 1. The second-order valence-corrected chi connectivity index (χ2v) is 5.08. The van der Waals surface area contributed by atoms with Gasteiger partial charge >= 0.3 is 0 Å². The van der Waals surface area contributed by atoms with Gasteiger partial charge in [-0.05, 0) is 24.8 Å². The molecule has 0 saturated carbocycles. The van der Waals surface area contributed by atoms with Crippen molar-refractivity contribution in [3.8, 4) is 11.7 Å². The van der Waals surface area contributed by atoms with E-state index in [1.807, 2.05) is 18.4 Å². The van der Waals surface area contributed by atoms with Gasteiger partial charge in [-0.2, -0.15) is 16.7 Å². The van der Waals surface area contributed by atoms with Gasteiger partial charge in [-0.1, -0.05) is 5.16 Å². The smallest absolute Gasteiger partial charge is 0.293 e. The Morgan fingerprint density at radius 3 is 3.17 bits per heavy atom. The van der Waals surface area contributed by atoms with Crippen LogP contribution in [0.3, 0.4) is 0 Å². The van der Waals surface area contributed by atoms with Crippen LogP contribution in [0, 0.1) is 0 Å². The van der Waals surface area contributed by atoms with Crippen LogP contribution in [0.1, 0.15) is 23.9 Å². The van der Waals surface area contributed by atoms with Crippen molar-refractivity contribution >= 4 is 11.8 Å². The predicted molar refractivity (Wildman–Crippen MR) is 67.4 cm³/mol. The molecule has 0 bridgehead atoms. The fraction of sp³-hybridized carbons (Fsp3) is 0.500. The van der Waals surface area contributed by atoms with E-state index in [2.05, 4.69) is 10.1 Å². The van der Waals surface area contributed by atoms with Gasteiger partial charge in [-0.3, -0.25) is 0 Å². The molecule has 1 aliphatic rings. The highest BCUT2D eigenvalue weighted by Gasteiger charge is 2.24. The first-order valence-electron chi connectivity index (χ1n) is 5.86. The first kappa shape index (κ1) is 11.8. The predicted octanol–water partition coefficient (Wildman–Crippen LogP) is 2.70. The van der Waals surface area contributed by atoms with Crippen LogP contribution in [-0.2, 0) is 10.5 Å². The molecule has 3 rings (SSSR count). The lowest BCUT2D eigenvalue weighted by molar-refractivity contribution is 0.192. The summed E-state index contributed by atoms with van der Waals surface area (Å²) in [5.41, 5.74) is 0. The highest BCUT2D eigenvalue weighted by molar-refractivity contribution is 7.97. The highest BCUT2D eigenvalue weighted by atomic mass is 32.2. The topological polar surface area (TPSA) is 61.3 Å². The van der Waals surface area contributed by atoms with Crippen molar-refractivity contribution in [2.24, 2.45) is 0 Å². The quantitative estimate of drug-likeness (QED) is 0.848. The van der Waals surface area contributed by atoms with E-state index in [1.54, 1.807) is 11.8 Å². The molecule has 2 aromatic heterocycles. The Bertz CT molecular complexity index is 517. The first-order chi connectivity index (χ1) is 8.86. The number of nitrogens with zero attached hydrogens (tertiary/aromatic N) is 2. The summed E-state index contributed by atoms with van der Waals surface area (Å²) in [6, 6.07) is 3.81. The normalized spacial score (nSPS) is 19.5. The molecular weight excluding hydrogens is 252 g/mol. The van der Waals surface area contributed by atoms with Gasteiger partial charge in [-0.25, -0.2) is 0 Å². The van der Waals surface area contributed by atoms with Crippen molar-refractivity contribution in [2.75, 3.05) is 19.5 Å². The fourth-order valence-electron chi connectivity index (χ4n) is 1.95. The van der Waals surface area contributed by atoms with Crippen LogP contribution in [-0.4, -0.2) is 29.6 Å². The van der Waals surface area contributed by atoms with Crippen LogP contribution in [0.25, 0.3) is 11.7 Å². The molecule has 18 heavy (non-hydrogen) atoms. The van der Waals surface area contributed by atoms with Gasteiger partial charge in [0.1, 0.15) is 5.76 Å². The van der Waals surface area contributed by atoms with E-state index in [0.29, 0.717) is 24.1 Å². The fourth-order valence-corrected chi connectivity index (χ4v) is 2.39. The Labute approximate surface area is 109 Å². The van der Waals surface area contributed by atoms with Crippen LogP contribution in [0.5, 0.6) is 0 Å². The van der Waals surface area contributed by atoms with Crippen molar-refractivity contribution < 1.29 is 13.7 Å². The molecule has 1 aliphatic heterocycles. The zero-order chi connectivity index (χ0) is 12.4. The SMILES string of the molecule is CSCc1ccc(-c2nc([C@H]3CCOC3)no2)o1. The molecule has 0 N–H and O–H groups in total. The van der Waals surface area contributed by atoms with E-state index >= 15 is 0 Å². The summed E-state index contributed by atoms with van der Waals surface area (Å²) in [4.78, 5) is 4.38. The number of thioether (sulfide) groups is 1. The number of hydrogen-bond donors (Lipinski definition) is 0. The maximum atomic E-state index is 5.64. The van der Waals surface area contributed by atoms with Gasteiger partial charge in [0.15, 0.2) is 11.6 Å². The van der Waals surface area contributed by atoms with Gasteiger partial charge in [0, 0.05) is 12.5 Å². The van der Waals surface area contributed by atoms with Gasteiger partial charge in [0.25, 0.3) is 5.89 Å². The largest absolute Gasteiger partial charge is 0.455 e. The Morgan fingerprint density at radius 2 is 2.39 bits per heavy atom. The third kappa shape index (κ3) is 2.30. The minimum Gasteiger partial charge on any atom is -0.455 e. The molecule has 0 unspecified atom stereocenters. The van der Waals surface area contributed by atoms with Gasteiger partial charge in [0.05, 0.1) is 12.4 Å². The molecule has 0 amide bonds. The highest BCUT2D eigenvalue weighted by Crippen LogP contribution is 2.27. The Kier molecular flexibility index (Phi) is 3.38. The van der Waals surface area contributed by atoms with E-state index in [9.17, 15) is 0 Å². The third-order valence-electron chi connectivity index (χ3n) is 2.90. The van der Waals surface area contributed by atoms with E-state index < -0.39 is 0 Å². The lowest BCUT2D eigenvalue weighted by Crippen LogP contribution is -1.99. The van der Waals surface area contributed by atoms with Crippen molar-refractivity contribution in [1.29, 1.82) is 0 Å². The summed E-state index contributed by atoms with van der Waals surface area (Å²) in [7, 11) is 0. The zero-order valence-corrected chi connectivity index (χ0v) is 10.9. The average Bonchev–Trinajstić information content (AvgIpc) is 3.10. The molecule has 0 aliphatic carbocycles. The Balaban J connectivity index is 1.78. The summed E-state index contributed by atoms with van der Waals surface area (Å²) in [6.07, 6.45) is 2.99. The lowest BCUT2D eigenvalue weighted by Gasteiger charge is -1.97. The summed E-state index contributed by atoms with van der Waals surface area (Å²) < 4.78 is 16.2. The first-order valence-corrected chi connectivity index (χ1v) is 7.25. The van der Waals surface area contributed by atoms with Crippen LogP contribution < -0.4 is 0 Å². The second kappa shape index (κ2) is 5.16. The monoisotopic (exact) mass is 266 g/mol. The van der Waals surface area contributed by atoms with E-state index in [0.717, 1.165) is 24.5 Å². The van der Waals surface area contributed by atoms with Gasteiger partial charge < -0.3 is 13.7 Å². The molecule has 2 aromatic rings. The molecule has 0 aromatic carbocycles.